The molecule has 0 saturated carbocycles. The van der Waals surface area contributed by atoms with E-state index in [0.29, 0.717) is 5.16 Å². The number of hydrogen-bond acceptors (Lipinski definition) is 5. The van der Waals surface area contributed by atoms with Crippen molar-refractivity contribution in [2.45, 2.75) is 25.9 Å². The molecule has 0 bridgehead atoms. The Morgan fingerprint density at radius 3 is 2.65 bits per heavy atom. The molecule has 26 heavy (non-hydrogen) atoms. The largest absolute Gasteiger partial charge is 0.324 e. The Morgan fingerprint density at radius 1 is 1.15 bits per heavy atom. The summed E-state index contributed by atoms with van der Waals surface area (Å²) in [7, 11) is 0. The molecule has 0 spiro atoms. The van der Waals surface area contributed by atoms with Crippen LogP contribution in [0, 0.1) is 20.8 Å². The second-order valence-corrected chi connectivity index (χ2v) is 7.78. The standard InChI is InChI=1S/C18H18BrN5OS/c1-11-5-7-15(14(19)8-11)20-17(25)10-26-18-21-22-23-24(18)16-9-12(2)4-6-13(16)3/h4-9H,10H2,1-3H3,(H,20,25). The second kappa shape index (κ2) is 8.01. The van der Waals surface area contributed by atoms with Gasteiger partial charge in [-0.25, -0.2) is 0 Å². The van der Waals surface area contributed by atoms with E-state index in [1.807, 2.05) is 57.2 Å². The van der Waals surface area contributed by atoms with Crippen molar-refractivity contribution < 1.29 is 4.79 Å². The van der Waals surface area contributed by atoms with Gasteiger partial charge in [-0.05, 0) is 82.0 Å². The third-order valence-electron chi connectivity index (χ3n) is 3.76. The number of tetrazole rings is 1. The molecule has 0 aliphatic rings. The summed E-state index contributed by atoms with van der Waals surface area (Å²) in [5.74, 6) is 0.0982. The molecule has 0 aliphatic carbocycles. The molecule has 0 fully saturated rings. The molecule has 6 nitrogen and oxygen atoms in total. The summed E-state index contributed by atoms with van der Waals surface area (Å²) in [5, 5.41) is 15.4. The number of hydrogen-bond donors (Lipinski definition) is 1. The number of amides is 1. The smallest absolute Gasteiger partial charge is 0.234 e. The molecule has 3 aromatic rings. The quantitative estimate of drug-likeness (QED) is 0.616. The lowest BCUT2D eigenvalue weighted by Gasteiger charge is -2.09. The van der Waals surface area contributed by atoms with Gasteiger partial charge in [0.1, 0.15) is 0 Å². The predicted molar refractivity (Wildman–Crippen MR) is 107 cm³/mol. The number of carbonyl (C=O) groups excluding carboxylic acids is 1. The average Bonchev–Trinajstić information content (AvgIpc) is 3.06. The van der Waals surface area contributed by atoms with Gasteiger partial charge in [0, 0.05) is 4.47 Å². The van der Waals surface area contributed by atoms with Gasteiger partial charge in [0.2, 0.25) is 11.1 Å². The number of anilines is 1. The zero-order valence-electron chi connectivity index (χ0n) is 14.7. The van der Waals surface area contributed by atoms with Crippen LogP contribution in [0.15, 0.2) is 46.0 Å². The van der Waals surface area contributed by atoms with Crippen LogP contribution >= 0.6 is 27.7 Å². The maximum Gasteiger partial charge on any atom is 0.234 e. The van der Waals surface area contributed by atoms with Gasteiger partial charge in [0.25, 0.3) is 0 Å². The Kier molecular flexibility index (Phi) is 5.73. The highest BCUT2D eigenvalue weighted by atomic mass is 79.9. The van der Waals surface area contributed by atoms with E-state index in [-0.39, 0.29) is 11.7 Å². The van der Waals surface area contributed by atoms with Crippen molar-refractivity contribution in [1.29, 1.82) is 0 Å². The SMILES string of the molecule is Cc1ccc(NC(=O)CSc2nnnn2-c2cc(C)ccc2C)c(Br)c1. The first-order valence-electron chi connectivity index (χ1n) is 7.99. The summed E-state index contributed by atoms with van der Waals surface area (Å²) < 4.78 is 2.53. The third kappa shape index (κ3) is 4.31. The van der Waals surface area contributed by atoms with Crippen LogP contribution in [-0.4, -0.2) is 31.9 Å². The van der Waals surface area contributed by atoms with E-state index < -0.39 is 0 Å². The van der Waals surface area contributed by atoms with E-state index in [1.165, 1.54) is 11.8 Å². The first-order chi connectivity index (χ1) is 12.4. The zero-order valence-corrected chi connectivity index (χ0v) is 17.1. The van der Waals surface area contributed by atoms with Crippen LogP contribution in [-0.2, 0) is 4.79 Å². The fourth-order valence-corrected chi connectivity index (χ4v) is 3.68. The highest BCUT2D eigenvalue weighted by Crippen LogP contribution is 2.25. The Morgan fingerprint density at radius 2 is 1.88 bits per heavy atom. The zero-order chi connectivity index (χ0) is 18.7. The number of rotatable bonds is 5. The van der Waals surface area contributed by atoms with E-state index in [4.69, 9.17) is 0 Å². The normalized spacial score (nSPS) is 10.8. The van der Waals surface area contributed by atoms with Crippen LogP contribution < -0.4 is 5.32 Å². The topological polar surface area (TPSA) is 72.7 Å². The minimum absolute atomic E-state index is 0.116. The predicted octanol–water partition coefficient (Wildman–Crippen LogP) is 4.08. The summed E-state index contributed by atoms with van der Waals surface area (Å²) in [6, 6.07) is 11.9. The monoisotopic (exact) mass is 431 g/mol. The molecule has 1 amide bonds. The van der Waals surface area contributed by atoms with Crippen molar-refractivity contribution in [2.75, 3.05) is 11.1 Å². The van der Waals surface area contributed by atoms with Gasteiger partial charge < -0.3 is 5.32 Å². The Labute approximate surface area is 164 Å². The highest BCUT2D eigenvalue weighted by molar-refractivity contribution is 9.10. The first kappa shape index (κ1) is 18.6. The molecule has 2 aromatic carbocycles. The van der Waals surface area contributed by atoms with Crippen molar-refractivity contribution in [2.24, 2.45) is 0 Å². The summed E-state index contributed by atoms with van der Waals surface area (Å²) in [4.78, 5) is 12.3. The number of carbonyl (C=O) groups is 1. The molecule has 0 aliphatic heterocycles. The Bertz CT molecular complexity index is 957. The molecule has 3 rings (SSSR count). The van der Waals surface area contributed by atoms with Gasteiger partial charge in [0.05, 0.1) is 17.1 Å². The van der Waals surface area contributed by atoms with E-state index in [2.05, 4.69) is 36.8 Å². The second-order valence-electron chi connectivity index (χ2n) is 5.98. The lowest BCUT2D eigenvalue weighted by Crippen LogP contribution is -2.15. The summed E-state index contributed by atoms with van der Waals surface area (Å²) in [6.07, 6.45) is 0. The van der Waals surface area contributed by atoms with Crippen LogP contribution in [0.25, 0.3) is 5.69 Å². The number of thioether (sulfide) groups is 1. The summed E-state index contributed by atoms with van der Waals surface area (Å²) in [5.41, 5.74) is 4.98. The minimum Gasteiger partial charge on any atom is -0.324 e. The Hall–Kier alpha value is -2.19. The molecule has 1 heterocycles. The molecule has 8 heteroatoms. The van der Waals surface area contributed by atoms with Crippen molar-refractivity contribution >= 4 is 39.3 Å². The van der Waals surface area contributed by atoms with Crippen LogP contribution in [0.3, 0.4) is 0 Å². The summed E-state index contributed by atoms with van der Waals surface area (Å²) >= 11 is 4.76. The van der Waals surface area contributed by atoms with Crippen LogP contribution in [0.4, 0.5) is 5.69 Å². The van der Waals surface area contributed by atoms with E-state index in [1.54, 1.807) is 4.68 Å². The maximum atomic E-state index is 12.3. The van der Waals surface area contributed by atoms with Crippen molar-refractivity contribution in [3.8, 4) is 5.69 Å². The molecular formula is C18H18BrN5OS. The number of benzene rings is 2. The molecule has 0 atom stereocenters. The van der Waals surface area contributed by atoms with Gasteiger partial charge in [-0.3, -0.25) is 4.79 Å². The van der Waals surface area contributed by atoms with Crippen molar-refractivity contribution in [1.82, 2.24) is 20.2 Å². The lowest BCUT2D eigenvalue weighted by atomic mass is 10.1. The van der Waals surface area contributed by atoms with Crippen molar-refractivity contribution in [3.05, 3.63) is 57.6 Å². The highest BCUT2D eigenvalue weighted by Gasteiger charge is 2.14. The molecule has 1 aromatic heterocycles. The van der Waals surface area contributed by atoms with E-state index in [9.17, 15) is 4.79 Å². The molecule has 0 radical (unpaired) electrons. The Balaban J connectivity index is 1.70. The molecule has 1 N–H and O–H groups in total. The number of aromatic nitrogens is 4. The van der Waals surface area contributed by atoms with Crippen LogP contribution in [0.2, 0.25) is 0 Å². The number of halogens is 1. The lowest BCUT2D eigenvalue weighted by molar-refractivity contribution is -0.113. The van der Waals surface area contributed by atoms with Gasteiger partial charge >= 0.3 is 0 Å². The third-order valence-corrected chi connectivity index (χ3v) is 5.34. The molecular weight excluding hydrogens is 414 g/mol. The van der Waals surface area contributed by atoms with Gasteiger partial charge in [-0.2, -0.15) is 4.68 Å². The van der Waals surface area contributed by atoms with E-state index in [0.717, 1.165) is 32.5 Å². The van der Waals surface area contributed by atoms with Crippen LogP contribution in [0.5, 0.6) is 0 Å². The molecule has 0 unspecified atom stereocenters. The van der Waals surface area contributed by atoms with Gasteiger partial charge in [-0.1, -0.05) is 30.0 Å². The maximum absolute atomic E-state index is 12.3. The van der Waals surface area contributed by atoms with Gasteiger partial charge in [0.15, 0.2) is 0 Å². The first-order valence-corrected chi connectivity index (χ1v) is 9.76. The fourth-order valence-electron chi connectivity index (χ4n) is 2.41. The van der Waals surface area contributed by atoms with Crippen molar-refractivity contribution in [3.63, 3.8) is 0 Å². The molecule has 0 saturated heterocycles. The van der Waals surface area contributed by atoms with Crippen LogP contribution in [0.1, 0.15) is 16.7 Å². The minimum atomic E-state index is -0.116. The number of nitrogens with zero attached hydrogens (tertiary/aromatic N) is 4. The summed E-state index contributed by atoms with van der Waals surface area (Å²) in [6.45, 7) is 6.03. The number of nitrogens with one attached hydrogen (secondary N) is 1. The van der Waals surface area contributed by atoms with E-state index >= 15 is 0 Å². The average molecular weight is 432 g/mol. The number of aryl methyl sites for hydroxylation is 3. The fraction of sp³-hybridized carbons (Fsp3) is 0.222. The van der Waals surface area contributed by atoms with Gasteiger partial charge in [-0.15, -0.1) is 5.10 Å². The molecule has 134 valence electrons.